The maximum atomic E-state index is 5.07. The van der Waals surface area contributed by atoms with E-state index in [-0.39, 0.29) is 0 Å². The van der Waals surface area contributed by atoms with Crippen LogP contribution < -0.4 is 0 Å². The fourth-order valence-corrected chi connectivity index (χ4v) is 5.38. The molecule has 0 spiro atoms. The van der Waals surface area contributed by atoms with E-state index in [1.165, 1.54) is 11.1 Å². The van der Waals surface area contributed by atoms with Crippen molar-refractivity contribution in [3.05, 3.63) is 107 Å². The van der Waals surface area contributed by atoms with Gasteiger partial charge in [-0.05, 0) is 63.1 Å². The van der Waals surface area contributed by atoms with E-state index in [4.69, 9.17) is 19.9 Å². The summed E-state index contributed by atoms with van der Waals surface area (Å²) in [6.45, 7) is 12.4. The molecule has 0 amide bonds. The van der Waals surface area contributed by atoms with Crippen LogP contribution in [-0.2, 0) is 0 Å². The molecule has 40 heavy (non-hydrogen) atoms. The summed E-state index contributed by atoms with van der Waals surface area (Å²) in [4.78, 5) is 20.2. The number of benzene rings is 4. The normalized spacial score (nSPS) is 11.2. The lowest BCUT2D eigenvalue weighted by atomic mass is 10.0. The zero-order chi connectivity index (χ0) is 28.0. The summed E-state index contributed by atoms with van der Waals surface area (Å²) in [6.07, 6.45) is 0. The van der Waals surface area contributed by atoms with Gasteiger partial charge in [-0.2, -0.15) is 9.97 Å². The smallest absolute Gasteiger partial charge is 0.241 e. The minimum Gasteiger partial charge on any atom is -0.276 e. The standard InChI is InChI=1S/C32H26N6.C2H6/c1-19-13-15-23(21(3)17-19)29-34-30(24-16-14-20(2)18-22(24)4)36-31(35-29)38-28-12-8-7-11-27(28)37-26-10-6-5-9-25(26)33-32(37)38;1-2/h5-18H,1-4H3;1-2H3. The van der Waals surface area contributed by atoms with Crippen molar-refractivity contribution >= 4 is 27.8 Å². The number of rotatable bonds is 3. The van der Waals surface area contributed by atoms with Crippen LogP contribution >= 0.6 is 0 Å². The molecule has 0 aliphatic carbocycles. The van der Waals surface area contributed by atoms with Gasteiger partial charge in [0.05, 0.1) is 22.1 Å². The predicted octanol–water partition coefficient (Wildman–Crippen LogP) is 8.21. The molecule has 6 heteroatoms. The van der Waals surface area contributed by atoms with Gasteiger partial charge in [-0.25, -0.2) is 14.5 Å². The summed E-state index contributed by atoms with van der Waals surface area (Å²) in [5.74, 6) is 2.62. The van der Waals surface area contributed by atoms with E-state index in [2.05, 4.69) is 97.3 Å². The van der Waals surface area contributed by atoms with E-state index in [9.17, 15) is 0 Å². The first-order chi connectivity index (χ1) is 19.5. The number of imidazole rings is 2. The summed E-state index contributed by atoms with van der Waals surface area (Å²) in [5, 5.41) is 0. The minimum absolute atomic E-state index is 0.548. The van der Waals surface area contributed by atoms with Gasteiger partial charge in [-0.3, -0.25) is 4.40 Å². The third-order valence-corrected chi connectivity index (χ3v) is 7.18. The largest absolute Gasteiger partial charge is 0.276 e. The molecule has 0 N–H and O–H groups in total. The highest BCUT2D eigenvalue weighted by atomic mass is 15.3. The summed E-state index contributed by atoms with van der Waals surface area (Å²) >= 11 is 0. The number of para-hydroxylation sites is 4. The Morgan fingerprint density at radius 3 is 1.62 bits per heavy atom. The molecule has 4 aromatic carbocycles. The molecule has 6 nitrogen and oxygen atoms in total. The van der Waals surface area contributed by atoms with Crippen LogP contribution in [-0.4, -0.2) is 28.9 Å². The third kappa shape index (κ3) is 4.13. The first kappa shape index (κ1) is 25.4. The van der Waals surface area contributed by atoms with E-state index in [1.54, 1.807) is 0 Å². The fourth-order valence-electron chi connectivity index (χ4n) is 5.38. The maximum absolute atomic E-state index is 5.07. The molecule has 0 unspecified atom stereocenters. The van der Waals surface area contributed by atoms with Crippen LogP contribution in [0.25, 0.3) is 56.6 Å². The van der Waals surface area contributed by atoms with Gasteiger partial charge in [-0.15, -0.1) is 0 Å². The van der Waals surface area contributed by atoms with Gasteiger partial charge in [0, 0.05) is 11.1 Å². The van der Waals surface area contributed by atoms with Crippen molar-refractivity contribution in [2.24, 2.45) is 0 Å². The molecule has 0 bridgehead atoms. The number of aromatic nitrogens is 6. The van der Waals surface area contributed by atoms with E-state index >= 15 is 0 Å². The molecule has 3 heterocycles. The van der Waals surface area contributed by atoms with Crippen molar-refractivity contribution in [2.75, 3.05) is 0 Å². The first-order valence-corrected chi connectivity index (χ1v) is 13.8. The van der Waals surface area contributed by atoms with Gasteiger partial charge in [0.15, 0.2) is 11.6 Å². The molecule has 3 aromatic heterocycles. The summed E-state index contributed by atoms with van der Waals surface area (Å²) in [6, 6.07) is 29.2. The Bertz CT molecular complexity index is 1960. The van der Waals surface area contributed by atoms with Crippen LogP contribution in [0, 0.1) is 27.7 Å². The van der Waals surface area contributed by atoms with Crippen LogP contribution in [0.15, 0.2) is 84.9 Å². The zero-order valence-electron chi connectivity index (χ0n) is 23.8. The van der Waals surface area contributed by atoms with Crippen molar-refractivity contribution in [3.63, 3.8) is 0 Å². The lowest BCUT2D eigenvalue weighted by molar-refractivity contribution is 0.935. The highest BCUT2D eigenvalue weighted by Crippen LogP contribution is 2.31. The molecule has 0 radical (unpaired) electrons. The van der Waals surface area contributed by atoms with Gasteiger partial charge in [-0.1, -0.05) is 85.6 Å². The Morgan fingerprint density at radius 1 is 0.525 bits per heavy atom. The van der Waals surface area contributed by atoms with Gasteiger partial charge in [0.25, 0.3) is 0 Å². The number of fused-ring (bicyclic) bond motifs is 5. The Labute approximate surface area is 234 Å². The Hall–Kier alpha value is -4.84. The van der Waals surface area contributed by atoms with Crippen LogP contribution in [0.4, 0.5) is 0 Å². The molecule has 0 saturated heterocycles. The van der Waals surface area contributed by atoms with Gasteiger partial charge in [0.1, 0.15) is 0 Å². The average Bonchev–Trinajstić information content (AvgIpc) is 3.48. The number of nitrogens with zero attached hydrogens (tertiary/aromatic N) is 6. The van der Waals surface area contributed by atoms with Crippen molar-refractivity contribution in [3.8, 4) is 28.7 Å². The molecule has 0 atom stereocenters. The van der Waals surface area contributed by atoms with E-state index in [0.717, 1.165) is 50.1 Å². The summed E-state index contributed by atoms with van der Waals surface area (Å²) in [5.41, 5.74) is 10.7. The molecule has 198 valence electrons. The maximum Gasteiger partial charge on any atom is 0.241 e. The quantitative estimate of drug-likeness (QED) is 0.234. The fraction of sp³-hybridized carbons (Fsp3) is 0.176. The second-order valence-electron chi connectivity index (χ2n) is 9.98. The zero-order valence-corrected chi connectivity index (χ0v) is 23.8. The highest BCUT2D eigenvalue weighted by molar-refractivity contribution is 5.91. The first-order valence-electron chi connectivity index (χ1n) is 13.8. The third-order valence-electron chi connectivity index (χ3n) is 7.18. The van der Waals surface area contributed by atoms with Crippen molar-refractivity contribution < 1.29 is 0 Å². The van der Waals surface area contributed by atoms with Gasteiger partial charge >= 0.3 is 0 Å². The Morgan fingerprint density at radius 2 is 1.05 bits per heavy atom. The molecule has 0 aliphatic heterocycles. The summed E-state index contributed by atoms with van der Waals surface area (Å²) in [7, 11) is 0. The monoisotopic (exact) mass is 524 g/mol. The average molecular weight is 525 g/mol. The van der Waals surface area contributed by atoms with Crippen LogP contribution in [0.1, 0.15) is 36.1 Å². The number of hydrogen-bond acceptors (Lipinski definition) is 4. The van der Waals surface area contributed by atoms with Crippen molar-refractivity contribution in [1.29, 1.82) is 0 Å². The molecule has 0 fully saturated rings. The predicted molar refractivity (Wildman–Crippen MR) is 164 cm³/mol. The number of aryl methyl sites for hydroxylation is 4. The van der Waals surface area contributed by atoms with Crippen LogP contribution in [0.5, 0.6) is 0 Å². The van der Waals surface area contributed by atoms with Crippen molar-refractivity contribution in [2.45, 2.75) is 41.5 Å². The van der Waals surface area contributed by atoms with Crippen LogP contribution in [0.2, 0.25) is 0 Å². The Balaban J connectivity index is 0.00000142. The topological polar surface area (TPSA) is 60.9 Å². The van der Waals surface area contributed by atoms with E-state index in [0.29, 0.717) is 17.6 Å². The summed E-state index contributed by atoms with van der Waals surface area (Å²) < 4.78 is 4.24. The second-order valence-corrected chi connectivity index (χ2v) is 9.98. The van der Waals surface area contributed by atoms with Gasteiger partial charge in [0.2, 0.25) is 11.7 Å². The second kappa shape index (κ2) is 10.0. The molecule has 0 aliphatic rings. The molecule has 7 aromatic rings. The highest BCUT2D eigenvalue weighted by Gasteiger charge is 2.21. The van der Waals surface area contributed by atoms with E-state index in [1.807, 2.05) is 38.1 Å². The van der Waals surface area contributed by atoms with Crippen LogP contribution in [0.3, 0.4) is 0 Å². The lowest BCUT2D eigenvalue weighted by Gasteiger charge is -2.12. The molecular formula is C34H32N6. The molecule has 7 rings (SSSR count). The SMILES string of the molecule is CC.Cc1ccc(-c2nc(-c3ccc(C)cc3C)nc(-n3c4ccccc4n4c5ccccc5nc34)n2)c(C)c1. The minimum atomic E-state index is 0.548. The molecular weight excluding hydrogens is 492 g/mol. The number of hydrogen-bond donors (Lipinski definition) is 0. The van der Waals surface area contributed by atoms with Gasteiger partial charge < -0.3 is 0 Å². The lowest BCUT2D eigenvalue weighted by Crippen LogP contribution is -2.08. The van der Waals surface area contributed by atoms with Crippen molar-refractivity contribution in [1.82, 2.24) is 28.9 Å². The molecule has 0 saturated carbocycles. The van der Waals surface area contributed by atoms with E-state index < -0.39 is 0 Å². The Kier molecular flexibility index (Phi) is 6.39.